The molecular weight excluding hydrogens is 290 g/mol. The van der Waals surface area contributed by atoms with Crippen molar-refractivity contribution in [2.24, 2.45) is 0 Å². The zero-order chi connectivity index (χ0) is 15.8. The molecular formula is C19H17NO3. The molecule has 23 heavy (non-hydrogen) atoms. The zero-order valence-electron chi connectivity index (χ0n) is 12.8. The monoisotopic (exact) mass is 307 g/mol. The van der Waals surface area contributed by atoms with E-state index in [1.54, 1.807) is 0 Å². The molecule has 4 nitrogen and oxygen atoms in total. The molecule has 0 saturated carbocycles. The first-order chi connectivity index (χ1) is 11.1. The lowest BCUT2D eigenvalue weighted by atomic mass is 9.86. The first-order valence-corrected chi connectivity index (χ1v) is 7.92. The number of rotatable bonds is 1. The van der Waals surface area contributed by atoms with Gasteiger partial charge >= 0.3 is 0 Å². The predicted molar refractivity (Wildman–Crippen MR) is 87.0 cm³/mol. The third kappa shape index (κ3) is 1.54. The van der Waals surface area contributed by atoms with Crippen molar-refractivity contribution in [3.8, 4) is 17.4 Å². The van der Waals surface area contributed by atoms with E-state index in [4.69, 9.17) is 4.74 Å². The summed E-state index contributed by atoms with van der Waals surface area (Å²) in [5, 5.41) is 23.7. The fraction of sp³-hybridized carbons (Fsp3) is 0.263. The van der Waals surface area contributed by atoms with Gasteiger partial charge in [-0.3, -0.25) is 4.57 Å². The summed E-state index contributed by atoms with van der Waals surface area (Å²) < 4.78 is 7.50. The average Bonchev–Trinajstić information content (AvgIpc) is 3.16. The third-order valence-corrected chi connectivity index (χ3v) is 5.29. The molecule has 3 aromatic rings. The van der Waals surface area contributed by atoms with Crippen LogP contribution in [0.3, 0.4) is 0 Å². The number of nitrogens with zero attached hydrogens (tertiary/aromatic N) is 1. The summed E-state index contributed by atoms with van der Waals surface area (Å²) >= 11 is 0. The fourth-order valence-corrected chi connectivity index (χ4v) is 4.18. The molecule has 2 aromatic carbocycles. The summed E-state index contributed by atoms with van der Waals surface area (Å²) in [7, 11) is 0. The van der Waals surface area contributed by atoms with Gasteiger partial charge in [0.25, 0.3) is 0 Å². The Balaban J connectivity index is 1.77. The molecule has 4 heteroatoms. The number of fused-ring (bicyclic) bond motifs is 6. The zero-order valence-corrected chi connectivity index (χ0v) is 12.8. The van der Waals surface area contributed by atoms with E-state index in [1.165, 1.54) is 4.57 Å². The molecule has 2 aliphatic heterocycles. The van der Waals surface area contributed by atoms with E-state index >= 15 is 0 Å². The lowest BCUT2D eigenvalue weighted by molar-refractivity contribution is -0.00959. The minimum Gasteiger partial charge on any atom is -0.494 e. The molecule has 2 unspecified atom stereocenters. The Morgan fingerprint density at radius 2 is 1.87 bits per heavy atom. The lowest BCUT2D eigenvalue weighted by Gasteiger charge is -2.19. The molecule has 0 radical (unpaired) electrons. The van der Waals surface area contributed by atoms with Gasteiger partial charge in [-0.15, -0.1) is 0 Å². The molecule has 1 saturated heterocycles. The van der Waals surface area contributed by atoms with E-state index in [0.29, 0.717) is 0 Å². The number of hydrogen-bond acceptors (Lipinski definition) is 3. The van der Waals surface area contributed by atoms with E-state index in [1.807, 2.05) is 49.4 Å². The third-order valence-electron chi connectivity index (χ3n) is 5.29. The normalized spacial score (nSPS) is 25.2. The van der Waals surface area contributed by atoms with Crippen LogP contribution in [0.15, 0.2) is 42.5 Å². The molecule has 116 valence electrons. The highest BCUT2D eigenvalue weighted by Gasteiger charge is 2.53. The van der Waals surface area contributed by atoms with Crippen LogP contribution in [0.25, 0.3) is 16.5 Å². The summed E-state index contributed by atoms with van der Waals surface area (Å²) in [5.41, 5.74) is 1.78. The van der Waals surface area contributed by atoms with Gasteiger partial charge in [0.15, 0.2) is 0 Å². The van der Waals surface area contributed by atoms with Gasteiger partial charge in [-0.05, 0) is 42.7 Å². The molecule has 0 amide bonds. The summed E-state index contributed by atoms with van der Waals surface area (Å²) in [6, 6.07) is 14.0. The van der Waals surface area contributed by atoms with Crippen molar-refractivity contribution < 1.29 is 14.9 Å². The second-order valence-corrected chi connectivity index (χ2v) is 6.68. The van der Waals surface area contributed by atoms with Crippen molar-refractivity contribution in [2.45, 2.75) is 31.5 Å². The summed E-state index contributed by atoms with van der Waals surface area (Å²) in [4.78, 5) is 0. The molecule has 2 aliphatic rings. The van der Waals surface area contributed by atoms with Gasteiger partial charge in [-0.2, -0.15) is 0 Å². The Labute approximate surface area is 133 Å². The highest BCUT2D eigenvalue weighted by molar-refractivity contribution is 5.84. The van der Waals surface area contributed by atoms with Crippen LogP contribution >= 0.6 is 0 Å². The number of ether oxygens (including phenoxy) is 1. The first kappa shape index (κ1) is 13.0. The van der Waals surface area contributed by atoms with Crippen LogP contribution in [0.4, 0.5) is 0 Å². The SMILES string of the molecule is CC12CCC(O1)c1c2c(O)n(-c2ccc3ccccc3c2)c1O. The number of aromatic nitrogens is 1. The van der Waals surface area contributed by atoms with Crippen molar-refractivity contribution in [1.82, 2.24) is 4.57 Å². The smallest absolute Gasteiger partial charge is 0.205 e. The second-order valence-electron chi connectivity index (χ2n) is 6.68. The maximum absolute atomic E-state index is 10.8. The number of hydrogen-bond donors (Lipinski definition) is 2. The molecule has 1 aromatic heterocycles. The van der Waals surface area contributed by atoms with Gasteiger partial charge in [0.2, 0.25) is 11.8 Å². The van der Waals surface area contributed by atoms with E-state index in [0.717, 1.165) is 40.4 Å². The van der Waals surface area contributed by atoms with E-state index in [2.05, 4.69) is 0 Å². The summed E-state index contributed by atoms with van der Waals surface area (Å²) in [6.07, 6.45) is 1.65. The van der Waals surface area contributed by atoms with Crippen molar-refractivity contribution in [2.75, 3.05) is 0 Å². The minimum atomic E-state index is -0.482. The molecule has 1 fully saturated rings. The van der Waals surface area contributed by atoms with Crippen molar-refractivity contribution in [3.05, 3.63) is 53.6 Å². The number of aromatic hydroxyl groups is 2. The van der Waals surface area contributed by atoms with Crippen molar-refractivity contribution in [3.63, 3.8) is 0 Å². The van der Waals surface area contributed by atoms with Crippen LogP contribution in [0, 0.1) is 0 Å². The molecule has 2 N–H and O–H groups in total. The maximum atomic E-state index is 10.8. The van der Waals surface area contributed by atoms with Gasteiger partial charge in [0.1, 0.15) is 0 Å². The molecule has 2 bridgehead atoms. The van der Waals surface area contributed by atoms with Gasteiger partial charge in [0.05, 0.1) is 28.5 Å². The van der Waals surface area contributed by atoms with E-state index in [-0.39, 0.29) is 17.9 Å². The Morgan fingerprint density at radius 3 is 2.65 bits per heavy atom. The van der Waals surface area contributed by atoms with Crippen LogP contribution in [0.5, 0.6) is 11.8 Å². The maximum Gasteiger partial charge on any atom is 0.205 e. The lowest BCUT2D eigenvalue weighted by Crippen LogP contribution is -2.16. The van der Waals surface area contributed by atoms with Crippen LogP contribution in [-0.2, 0) is 10.3 Å². The summed E-state index contributed by atoms with van der Waals surface area (Å²) in [5.74, 6) is 0.193. The van der Waals surface area contributed by atoms with Gasteiger partial charge in [0, 0.05) is 0 Å². The largest absolute Gasteiger partial charge is 0.494 e. The number of benzene rings is 2. The Kier molecular flexibility index (Phi) is 2.31. The first-order valence-electron chi connectivity index (χ1n) is 7.92. The van der Waals surface area contributed by atoms with Crippen LogP contribution in [0.2, 0.25) is 0 Å². The van der Waals surface area contributed by atoms with Gasteiger partial charge in [-0.25, -0.2) is 0 Å². The van der Waals surface area contributed by atoms with Crippen LogP contribution in [0.1, 0.15) is 37.0 Å². The van der Waals surface area contributed by atoms with Crippen molar-refractivity contribution >= 4 is 10.8 Å². The average molecular weight is 307 g/mol. The fourth-order valence-electron chi connectivity index (χ4n) is 4.18. The Bertz CT molecular complexity index is 959. The second kappa shape index (κ2) is 4.09. The molecule has 0 spiro atoms. The van der Waals surface area contributed by atoms with Crippen LogP contribution < -0.4 is 0 Å². The van der Waals surface area contributed by atoms with Crippen LogP contribution in [-0.4, -0.2) is 14.8 Å². The molecule has 0 aliphatic carbocycles. The minimum absolute atomic E-state index is 0.0949. The van der Waals surface area contributed by atoms with Gasteiger partial charge < -0.3 is 14.9 Å². The predicted octanol–water partition coefficient (Wildman–Crippen LogP) is 4.12. The molecule has 2 atom stereocenters. The van der Waals surface area contributed by atoms with Crippen molar-refractivity contribution in [1.29, 1.82) is 0 Å². The summed E-state index contributed by atoms with van der Waals surface area (Å²) in [6.45, 7) is 1.99. The quantitative estimate of drug-likeness (QED) is 0.711. The Morgan fingerprint density at radius 1 is 1.09 bits per heavy atom. The molecule has 3 heterocycles. The Hall–Kier alpha value is -2.46. The van der Waals surface area contributed by atoms with E-state index in [9.17, 15) is 10.2 Å². The standard InChI is InChI=1S/C19H17NO3/c1-19-9-8-14(23-19)15-16(19)18(22)20(17(15)21)13-7-6-11-4-2-3-5-12(11)10-13/h2-7,10,14,21-22H,8-9H2,1H3. The molecule has 5 rings (SSSR count). The highest BCUT2D eigenvalue weighted by atomic mass is 16.5. The van der Waals surface area contributed by atoms with E-state index < -0.39 is 5.60 Å². The van der Waals surface area contributed by atoms with Gasteiger partial charge in [-0.1, -0.05) is 30.3 Å². The topological polar surface area (TPSA) is 54.6 Å². The highest BCUT2D eigenvalue weighted by Crippen LogP contribution is 2.61.